The number of benzene rings is 2. The summed E-state index contributed by atoms with van der Waals surface area (Å²) in [5.41, 5.74) is 4.68. The predicted molar refractivity (Wildman–Crippen MR) is 126 cm³/mol. The Morgan fingerprint density at radius 3 is 2.24 bits per heavy atom. The number of aromatic nitrogens is 3. The van der Waals surface area contributed by atoms with Gasteiger partial charge in [-0.25, -0.2) is 8.42 Å². The first-order valence-corrected chi connectivity index (χ1v) is 11.8. The standard InChI is InChI=1S/C24H24N4O4S/c1-14-10-15(2)12-20(11-14)27-33(30,31)22-13-19(7-6-16(22)3)21-8-9-23(29)28(25-21)24-17(4)26-32-18(24)5/h6-13,27H,1-5H3. The molecule has 33 heavy (non-hydrogen) atoms. The van der Waals surface area contributed by atoms with Gasteiger partial charge in [-0.1, -0.05) is 23.4 Å². The van der Waals surface area contributed by atoms with E-state index in [2.05, 4.69) is 15.0 Å². The van der Waals surface area contributed by atoms with Crippen LogP contribution in [-0.2, 0) is 10.0 Å². The Morgan fingerprint density at radius 2 is 1.61 bits per heavy atom. The molecular formula is C24H24N4O4S. The Labute approximate surface area is 191 Å². The molecule has 0 amide bonds. The minimum Gasteiger partial charge on any atom is -0.359 e. The molecule has 4 rings (SSSR count). The maximum atomic E-state index is 13.2. The number of anilines is 1. The summed E-state index contributed by atoms with van der Waals surface area (Å²) >= 11 is 0. The van der Waals surface area contributed by atoms with Gasteiger partial charge in [0, 0.05) is 17.3 Å². The third-order valence-corrected chi connectivity index (χ3v) is 6.78. The molecular weight excluding hydrogens is 440 g/mol. The van der Waals surface area contributed by atoms with Crippen molar-refractivity contribution in [3.8, 4) is 16.9 Å². The Kier molecular flexibility index (Phi) is 5.67. The number of nitrogens with one attached hydrogen (secondary N) is 1. The molecule has 0 spiro atoms. The third-order valence-electron chi connectivity index (χ3n) is 5.26. The van der Waals surface area contributed by atoms with Crippen molar-refractivity contribution < 1.29 is 12.9 Å². The van der Waals surface area contributed by atoms with Gasteiger partial charge < -0.3 is 4.52 Å². The highest BCUT2D eigenvalue weighted by molar-refractivity contribution is 7.92. The quantitative estimate of drug-likeness (QED) is 0.474. The summed E-state index contributed by atoms with van der Waals surface area (Å²) < 4.78 is 35.5. The van der Waals surface area contributed by atoms with Gasteiger partial charge in [0.25, 0.3) is 15.6 Å². The van der Waals surface area contributed by atoms with Crippen LogP contribution in [0, 0.1) is 34.6 Å². The summed E-state index contributed by atoms with van der Waals surface area (Å²) in [5, 5.41) is 8.34. The normalized spacial score (nSPS) is 11.5. The first-order valence-electron chi connectivity index (χ1n) is 10.3. The molecule has 0 unspecified atom stereocenters. The average molecular weight is 465 g/mol. The number of sulfonamides is 1. The van der Waals surface area contributed by atoms with E-state index < -0.39 is 10.0 Å². The lowest BCUT2D eigenvalue weighted by molar-refractivity contribution is 0.392. The number of aryl methyl sites for hydroxylation is 5. The predicted octanol–water partition coefficient (Wildman–Crippen LogP) is 4.23. The fraction of sp³-hybridized carbons (Fsp3) is 0.208. The lowest BCUT2D eigenvalue weighted by Crippen LogP contribution is -2.21. The highest BCUT2D eigenvalue weighted by atomic mass is 32.2. The Morgan fingerprint density at radius 1 is 0.909 bits per heavy atom. The van der Waals surface area contributed by atoms with Gasteiger partial charge in [0.2, 0.25) is 0 Å². The van der Waals surface area contributed by atoms with E-state index in [0.717, 1.165) is 11.1 Å². The summed E-state index contributed by atoms with van der Waals surface area (Å²) in [7, 11) is -3.85. The van der Waals surface area contributed by atoms with E-state index in [-0.39, 0.29) is 10.5 Å². The van der Waals surface area contributed by atoms with Crippen molar-refractivity contribution in [2.24, 2.45) is 0 Å². The molecule has 0 bridgehead atoms. The van der Waals surface area contributed by atoms with Crippen LogP contribution >= 0.6 is 0 Å². The van der Waals surface area contributed by atoms with Crippen LogP contribution < -0.4 is 10.3 Å². The van der Waals surface area contributed by atoms with E-state index in [4.69, 9.17) is 4.52 Å². The fourth-order valence-corrected chi connectivity index (χ4v) is 5.11. The minimum atomic E-state index is -3.85. The van der Waals surface area contributed by atoms with Gasteiger partial charge in [-0.3, -0.25) is 9.52 Å². The maximum absolute atomic E-state index is 13.2. The van der Waals surface area contributed by atoms with Crippen molar-refractivity contribution in [1.82, 2.24) is 14.9 Å². The van der Waals surface area contributed by atoms with Crippen LogP contribution in [0.5, 0.6) is 0 Å². The Hall–Kier alpha value is -3.72. The van der Waals surface area contributed by atoms with E-state index in [9.17, 15) is 13.2 Å². The summed E-state index contributed by atoms with van der Waals surface area (Å²) in [5.74, 6) is 0.462. The molecule has 0 aliphatic heterocycles. The minimum absolute atomic E-state index is 0.135. The van der Waals surface area contributed by atoms with E-state index >= 15 is 0 Å². The molecule has 1 N–H and O–H groups in total. The average Bonchev–Trinajstić information content (AvgIpc) is 3.05. The Bertz CT molecular complexity index is 1490. The molecule has 170 valence electrons. The van der Waals surface area contributed by atoms with E-state index in [1.807, 2.05) is 19.9 Å². The van der Waals surface area contributed by atoms with Gasteiger partial charge in [0.1, 0.15) is 11.4 Å². The third kappa shape index (κ3) is 4.45. The summed E-state index contributed by atoms with van der Waals surface area (Å²) in [6, 6.07) is 13.5. The molecule has 0 saturated heterocycles. The van der Waals surface area contributed by atoms with Gasteiger partial charge in [-0.15, -0.1) is 0 Å². The molecule has 2 aromatic carbocycles. The SMILES string of the molecule is Cc1cc(C)cc(NS(=O)(=O)c2cc(-c3ccc(=O)n(-c4c(C)noc4C)n3)ccc2C)c1. The highest BCUT2D eigenvalue weighted by Crippen LogP contribution is 2.26. The van der Waals surface area contributed by atoms with E-state index in [1.165, 1.54) is 10.7 Å². The van der Waals surface area contributed by atoms with Crippen LogP contribution in [0.4, 0.5) is 5.69 Å². The number of rotatable bonds is 5. The molecule has 0 radical (unpaired) electrons. The molecule has 2 aromatic heterocycles. The topological polar surface area (TPSA) is 107 Å². The van der Waals surface area contributed by atoms with Gasteiger partial charge in [-0.2, -0.15) is 9.78 Å². The molecule has 0 atom stereocenters. The summed E-state index contributed by atoms with van der Waals surface area (Å²) in [6.07, 6.45) is 0. The monoisotopic (exact) mass is 464 g/mol. The fourth-order valence-electron chi connectivity index (χ4n) is 3.80. The first-order chi connectivity index (χ1) is 15.5. The molecule has 0 fully saturated rings. The van der Waals surface area contributed by atoms with Crippen molar-refractivity contribution in [1.29, 1.82) is 0 Å². The second kappa shape index (κ2) is 8.32. The summed E-state index contributed by atoms with van der Waals surface area (Å²) in [6.45, 7) is 8.98. The first kappa shape index (κ1) is 22.5. The molecule has 9 heteroatoms. The lowest BCUT2D eigenvalue weighted by Gasteiger charge is -2.13. The molecule has 0 saturated carbocycles. The second-order valence-electron chi connectivity index (χ2n) is 8.10. The zero-order valence-electron chi connectivity index (χ0n) is 19.0. The van der Waals surface area contributed by atoms with E-state index in [1.54, 1.807) is 57.2 Å². The van der Waals surface area contributed by atoms with Gasteiger partial charge in [-0.05, 0) is 75.6 Å². The van der Waals surface area contributed by atoms with Crippen LogP contribution in [0.15, 0.2) is 62.7 Å². The molecule has 8 nitrogen and oxygen atoms in total. The summed E-state index contributed by atoms with van der Waals surface area (Å²) in [4.78, 5) is 12.6. The van der Waals surface area contributed by atoms with Crippen LogP contribution in [-0.4, -0.2) is 23.4 Å². The Balaban J connectivity index is 1.78. The van der Waals surface area contributed by atoms with Crippen molar-refractivity contribution in [2.45, 2.75) is 39.5 Å². The van der Waals surface area contributed by atoms with Crippen molar-refractivity contribution >= 4 is 15.7 Å². The van der Waals surface area contributed by atoms with Gasteiger partial charge in [0.15, 0.2) is 5.76 Å². The van der Waals surface area contributed by atoms with Gasteiger partial charge in [0.05, 0.1) is 10.6 Å². The van der Waals surface area contributed by atoms with Gasteiger partial charge >= 0.3 is 0 Å². The van der Waals surface area contributed by atoms with Crippen LogP contribution in [0.2, 0.25) is 0 Å². The molecule has 0 aliphatic carbocycles. The largest absolute Gasteiger partial charge is 0.359 e. The number of hydrogen-bond acceptors (Lipinski definition) is 6. The molecule has 2 heterocycles. The lowest BCUT2D eigenvalue weighted by atomic mass is 10.1. The van der Waals surface area contributed by atoms with Crippen LogP contribution in [0.25, 0.3) is 16.9 Å². The zero-order valence-corrected chi connectivity index (χ0v) is 19.8. The van der Waals surface area contributed by atoms with Crippen molar-refractivity contribution in [2.75, 3.05) is 4.72 Å². The molecule has 0 aliphatic rings. The zero-order chi connectivity index (χ0) is 23.9. The highest BCUT2D eigenvalue weighted by Gasteiger charge is 2.20. The number of hydrogen-bond donors (Lipinski definition) is 1. The van der Waals surface area contributed by atoms with Crippen LogP contribution in [0.1, 0.15) is 28.1 Å². The van der Waals surface area contributed by atoms with Crippen molar-refractivity contribution in [3.63, 3.8) is 0 Å². The smallest absolute Gasteiger partial charge is 0.271 e. The second-order valence-corrected chi connectivity index (χ2v) is 9.75. The maximum Gasteiger partial charge on any atom is 0.271 e. The van der Waals surface area contributed by atoms with Crippen molar-refractivity contribution in [3.05, 3.63) is 87.0 Å². The van der Waals surface area contributed by atoms with E-state index in [0.29, 0.717) is 39.6 Å². The molecule has 4 aromatic rings. The number of nitrogens with zero attached hydrogens (tertiary/aromatic N) is 3. The van der Waals surface area contributed by atoms with Crippen LogP contribution in [0.3, 0.4) is 0 Å².